The van der Waals surface area contributed by atoms with Crippen molar-refractivity contribution in [1.82, 2.24) is 20.2 Å². The van der Waals surface area contributed by atoms with Crippen molar-refractivity contribution < 1.29 is 8.78 Å². The summed E-state index contributed by atoms with van der Waals surface area (Å²) in [6.07, 6.45) is 0. The highest BCUT2D eigenvalue weighted by molar-refractivity contribution is 5.71. The molecule has 2 N–H and O–H groups in total. The summed E-state index contributed by atoms with van der Waals surface area (Å²) < 4.78 is 28.4. The Balaban J connectivity index is 2.02. The fourth-order valence-electron chi connectivity index (χ4n) is 2.01. The summed E-state index contributed by atoms with van der Waals surface area (Å²) in [4.78, 5) is 0. The van der Waals surface area contributed by atoms with Crippen LogP contribution in [0.1, 0.15) is 5.56 Å². The average Bonchev–Trinajstić information content (AvgIpc) is 2.92. The Labute approximate surface area is 119 Å². The van der Waals surface area contributed by atoms with Gasteiger partial charge in [0.15, 0.2) is 5.82 Å². The molecule has 0 saturated carbocycles. The van der Waals surface area contributed by atoms with Gasteiger partial charge in [-0.15, -0.1) is 5.10 Å². The first-order chi connectivity index (χ1) is 10.1. The Morgan fingerprint density at radius 3 is 2.71 bits per heavy atom. The number of benzene rings is 2. The summed E-state index contributed by atoms with van der Waals surface area (Å²) >= 11 is 0. The molecule has 0 radical (unpaired) electrons. The highest BCUT2D eigenvalue weighted by Crippen LogP contribution is 2.24. The van der Waals surface area contributed by atoms with E-state index in [1.54, 1.807) is 18.2 Å². The van der Waals surface area contributed by atoms with Gasteiger partial charge in [-0.25, -0.2) is 13.5 Å². The molecule has 2 aromatic carbocycles. The molecule has 106 valence electrons. The number of nitrogens with zero attached hydrogens (tertiary/aromatic N) is 4. The summed E-state index contributed by atoms with van der Waals surface area (Å²) in [5, 5.41) is 11.2. The van der Waals surface area contributed by atoms with Crippen LogP contribution in [-0.4, -0.2) is 20.2 Å². The van der Waals surface area contributed by atoms with E-state index in [1.807, 2.05) is 0 Å². The SMILES string of the molecule is Nc1ccc(F)cc1-c1nnnn1Cc1ccccc1F. The monoisotopic (exact) mass is 287 g/mol. The second kappa shape index (κ2) is 5.28. The van der Waals surface area contributed by atoms with Crippen molar-refractivity contribution in [2.24, 2.45) is 0 Å². The predicted octanol–water partition coefficient (Wildman–Crippen LogP) is 2.25. The van der Waals surface area contributed by atoms with Crippen LogP contribution in [0.15, 0.2) is 42.5 Å². The zero-order valence-corrected chi connectivity index (χ0v) is 10.9. The number of aromatic nitrogens is 4. The highest BCUT2D eigenvalue weighted by atomic mass is 19.1. The van der Waals surface area contributed by atoms with Gasteiger partial charge in [0, 0.05) is 16.8 Å². The number of rotatable bonds is 3. The van der Waals surface area contributed by atoms with E-state index in [1.165, 1.54) is 28.9 Å². The van der Waals surface area contributed by atoms with Crippen LogP contribution < -0.4 is 5.73 Å². The summed E-state index contributed by atoms with van der Waals surface area (Å²) in [7, 11) is 0. The zero-order chi connectivity index (χ0) is 14.8. The minimum absolute atomic E-state index is 0.130. The number of halogens is 2. The molecule has 0 bridgehead atoms. The van der Waals surface area contributed by atoms with Crippen molar-refractivity contribution in [1.29, 1.82) is 0 Å². The minimum Gasteiger partial charge on any atom is -0.398 e. The Kier molecular flexibility index (Phi) is 3.31. The molecule has 3 rings (SSSR count). The fraction of sp³-hybridized carbons (Fsp3) is 0.0714. The van der Waals surface area contributed by atoms with E-state index in [0.717, 1.165) is 0 Å². The third-order valence-electron chi connectivity index (χ3n) is 3.07. The second-order valence-electron chi connectivity index (χ2n) is 4.48. The Morgan fingerprint density at radius 1 is 1.10 bits per heavy atom. The number of tetrazole rings is 1. The van der Waals surface area contributed by atoms with Gasteiger partial charge in [-0.2, -0.15) is 0 Å². The van der Waals surface area contributed by atoms with E-state index in [0.29, 0.717) is 16.8 Å². The van der Waals surface area contributed by atoms with Gasteiger partial charge in [0.25, 0.3) is 0 Å². The summed E-state index contributed by atoms with van der Waals surface area (Å²) in [5.41, 5.74) is 6.97. The molecule has 21 heavy (non-hydrogen) atoms. The first-order valence-corrected chi connectivity index (χ1v) is 6.20. The lowest BCUT2D eigenvalue weighted by Crippen LogP contribution is -2.07. The molecule has 0 atom stereocenters. The molecule has 0 fully saturated rings. The Morgan fingerprint density at radius 2 is 1.90 bits per heavy atom. The quantitative estimate of drug-likeness (QED) is 0.750. The van der Waals surface area contributed by atoms with Crippen LogP contribution in [0.4, 0.5) is 14.5 Å². The van der Waals surface area contributed by atoms with Crippen molar-refractivity contribution in [3.05, 3.63) is 59.7 Å². The summed E-state index contributed by atoms with van der Waals surface area (Å²) in [6.45, 7) is 0.130. The largest absolute Gasteiger partial charge is 0.398 e. The second-order valence-corrected chi connectivity index (χ2v) is 4.48. The van der Waals surface area contributed by atoms with Gasteiger partial charge in [-0.05, 0) is 34.7 Å². The van der Waals surface area contributed by atoms with E-state index in [-0.39, 0.29) is 18.2 Å². The molecule has 0 spiro atoms. The molecule has 1 heterocycles. The molecule has 0 amide bonds. The number of nitrogens with two attached hydrogens (primary N) is 1. The fourth-order valence-corrected chi connectivity index (χ4v) is 2.01. The Bertz CT molecular complexity index is 785. The zero-order valence-electron chi connectivity index (χ0n) is 10.9. The first kappa shape index (κ1) is 13.2. The van der Waals surface area contributed by atoms with Gasteiger partial charge < -0.3 is 5.73 Å². The van der Waals surface area contributed by atoms with Crippen LogP contribution in [0.25, 0.3) is 11.4 Å². The van der Waals surface area contributed by atoms with Crippen LogP contribution in [0.3, 0.4) is 0 Å². The van der Waals surface area contributed by atoms with E-state index >= 15 is 0 Å². The highest BCUT2D eigenvalue weighted by Gasteiger charge is 2.14. The lowest BCUT2D eigenvalue weighted by molar-refractivity contribution is 0.578. The van der Waals surface area contributed by atoms with E-state index in [2.05, 4.69) is 15.5 Å². The summed E-state index contributed by atoms with van der Waals surface area (Å²) in [5.74, 6) is -0.513. The third-order valence-corrected chi connectivity index (χ3v) is 3.07. The number of nitrogen functional groups attached to an aromatic ring is 1. The van der Waals surface area contributed by atoms with Crippen LogP contribution >= 0.6 is 0 Å². The molecular weight excluding hydrogens is 276 g/mol. The lowest BCUT2D eigenvalue weighted by atomic mass is 10.1. The van der Waals surface area contributed by atoms with Crippen LogP contribution in [0.5, 0.6) is 0 Å². The van der Waals surface area contributed by atoms with Crippen molar-refractivity contribution in [3.63, 3.8) is 0 Å². The van der Waals surface area contributed by atoms with E-state index in [4.69, 9.17) is 5.73 Å². The molecular formula is C14H11F2N5. The molecule has 0 saturated heterocycles. The van der Waals surface area contributed by atoms with Crippen LogP contribution in [-0.2, 0) is 6.54 Å². The third kappa shape index (κ3) is 2.58. The van der Waals surface area contributed by atoms with Crippen molar-refractivity contribution in [3.8, 4) is 11.4 Å². The maximum Gasteiger partial charge on any atom is 0.184 e. The number of anilines is 1. The molecule has 0 unspecified atom stereocenters. The van der Waals surface area contributed by atoms with Gasteiger partial charge in [0.2, 0.25) is 0 Å². The van der Waals surface area contributed by atoms with Crippen molar-refractivity contribution >= 4 is 5.69 Å². The normalized spacial score (nSPS) is 10.8. The molecule has 3 aromatic rings. The van der Waals surface area contributed by atoms with Gasteiger partial charge >= 0.3 is 0 Å². The summed E-state index contributed by atoms with van der Waals surface area (Å²) in [6, 6.07) is 10.3. The van der Waals surface area contributed by atoms with Gasteiger partial charge in [-0.1, -0.05) is 18.2 Å². The van der Waals surface area contributed by atoms with Gasteiger partial charge in [0.05, 0.1) is 6.54 Å². The lowest BCUT2D eigenvalue weighted by Gasteiger charge is -2.07. The number of hydrogen-bond acceptors (Lipinski definition) is 4. The molecule has 0 aliphatic heterocycles. The standard InChI is InChI=1S/C14H11F2N5/c15-10-5-6-13(17)11(7-10)14-18-19-20-21(14)8-9-3-1-2-4-12(9)16/h1-7H,8,17H2. The van der Waals surface area contributed by atoms with E-state index < -0.39 is 5.82 Å². The van der Waals surface area contributed by atoms with E-state index in [9.17, 15) is 8.78 Å². The van der Waals surface area contributed by atoms with Crippen LogP contribution in [0.2, 0.25) is 0 Å². The van der Waals surface area contributed by atoms with Crippen molar-refractivity contribution in [2.75, 3.05) is 5.73 Å². The number of hydrogen-bond donors (Lipinski definition) is 1. The van der Waals surface area contributed by atoms with Gasteiger partial charge in [-0.3, -0.25) is 0 Å². The Hall–Kier alpha value is -2.83. The predicted molar refractivity (Wildman–Crippen MR) is 73.1 cm³/mol. The molecule has 1 aromatic heterocycles. The first-order valence-electron chi connectivity index (χ1n) is 6.20. The van der Waals surface area contributed by atoms with Gasteiger partial charge in [0.1, 0.15) is 11.6 Å². The average molecular weight is 287 g/mol. The minimum atomic E-state index is -0.445. The maximum atomic E-state index is 13.7. The molecule has 0 aliphatic rings. The smallest absolute Gasteiger partial charge is 0.184 e. The van der Waals surface area contributed by atoms with Crippen molar-refractivity contribution in [2.45, 2.75) is 6.54 Å². The molecule has 5 nitrogen and oxygen atoms in total. The van der Waals surface area contributed by atoms with Crippen LogP contribution in [0, 0.1) is 11.6 Å². The molecule has 0 aliphatic carbocycles. The topological polar surface area (TPSA) is 69.6 Å². The maximum absolute atomic E-state index is 13.7. The molecule has 7 heteroatoms.